The number of hydrogen-bond donors (Lipinski definition) is 2. The zero-order valence-electron chi connectivity index (χ0n) is 10.8. The Kier molecular flexibility index (Phi) is 7.52. The average Bonchev–Trinajstić information content (AvgIpc) is 2.27. The lowest BCUT2D eigenvalue weighted by molar-refractivity contribution is -0.123. The fraction of sp³-hybridized carbons (Fsp3) is 0.462. The molecule has 0 saturated heterocycles. The van der Waals surface area contributed by atoms with E-state index in [1.807, 2.05) is 45.0 Å². The molecule has 0 aromatic heterocycles. The maximum absolute atomic E-state index is 11.8. The second-order valence-electron chi connectivity index (χ2n) is 4.56. The van der Waals surface area contributed by atoms with Gasteiger partial charge in [-0.15, -0.1) is 12.4 Å². The molecular weight excluding hydrogens is 316 g/mol. The van der Waals surface area contributed by atoms with E-state index in [0.717, 1.165) is 10.0 Å². The largest absolute Gasteiger partial charge is 0.348 e. The minimum atomic E-state index is -0.454. The molecule has 1 rings (SSSR count). The molecule has 102 valence electrons. The van der Waals surface area contributed by atoms with E-state index in [-0.39, 0.29) is 30.3 Å². The molecule has 0 aliphatic heterocycles. The van der Waals surface area contributed by atoms with Crippen LogP contribution >= 0.6 is 28.3 Å². The Morgan fingerprint density at radius 1 is 1.33 bits per heavy atom. The topological polar surface area (TPSA) is 55.1 Å². The minimum absolute atomic E-state index is 0. The van der Waals surface area contributed by atoms with Crippen LogP contribution in [0.15, 0.2) is 28.7 Å². The number of nitrogens with two attached hydrogens (primary N) is 1. The van der Waals surface area contributed by atoms with Gasteiger partial charge in [-0.3, -0.25) is 4.79 Å². The monoisotopic (exact) mass is 334 g/mol. The van der Waals surface area contributed by atoms with Gasteiger partial charge in [0.2, 0.25) is 5.91 Å². The third kappa shape index (κ3) is 4.96. The Morgan fingerprint density at radius 3 is 2.44 bits per heavy atom. The van der Waals surface area contributed by atoms with E-state index in [4.69, 9.17) is 5.73 Å². The SMILES string of the molecule is CC(NC(=O)C(N)C(C)C)c1cccc(Br)c1.Cl. The van der Waals surface area contributed by atoms with Crippen molar-refractivity contribution in [1.29, 1.82) is 0 Å². The van der Waals surface area contributed by atoms with E-state index < -0.39 is 6.04 Å². The Morgan fingerprint density at radius 2 is 1.94 bits per heavy atom. The Bertz CT molecular complexity index is 398. The van der Waals surface area contributed by atoms with Crippen molar-refractivity contribution in [2.24, 2.45) is 11.7 Å². The Balaban J connectivity index is 0.00000289. The van der Waals surface area contributed by atoms with Gasteiger partial charge >= 0.3 is 0 Å². The third-order valence-corrected chi connectivity index (χ3v) is 3.22. The van der Waals surface area contributed by atoms with E-state index in [0.29, 0.717) is 0 Å². The molecule has 18 heavy (non-hydrogen) atoms. The zero-order valence-corrected chi connectivity index (χ0v) is 13.2. The lowest BCUT2D eigenvalue weighted by Gasteiger charge is -2.20. The number of benzene rings is 1. The van der Waals surface area contributed by atoms with Gasteiger partial charge in [0.25, 0.3) is 0 Å². The lowest BCUT2D eigenvalue weighted by atomic mass is 10.0. The highest BCUT2D eigenvalue weighted by Gasteiger charge is 2.19. The summed E-state index contributed by atoms with van der Waals surface area (Å²) < 4.78 is 1.00. The normalized spacial score (nSPS) is 13.7. The molecule has 0 aliphatic carbocycles. The molecule has 2 atom stereocenters. The van der Waals surface area contributed by atoms with Crippen molar-refractivity contribution in [3.8, 4) is 0 Å². The van der Waals surface area contributed by atoms with Crippen LogP contribution in [0, 0.1) is 5.92 Å². The van der Waals surface area contributed by atoms with E-state index in [2.05, 4.69) is 21.2 Å². The van der Waals surface area contributed by atoms with Crippen molar-refractivity contribution in [3.63, 3.8) is 0 Å². The van der Waals surface area contributed by atoms with E-state index in [1.165, 1.54) is 0 Å². The minimum Gasteiger partial charge on any atom is -0.348 e. The van der Waals surface area contributed by atoms with Crippen LogP contribution in [0.4, 0.5) is 0 Å². The average molecular weight is 336 g/mol. The molecule has 0 bridgehead atoms. The number of carbonyl (C=O) groups is 1. The van der Waals surface area contributed by atoms with Crippen LogP contribution in [0.25, 0.3) is 0 Å². The highest BCUT2D eigenvalue weighted by molar-refractivity contribution is 9.10. The van der Waals surface area contributed by atoms with Crippen molar-refractivity contribution in [2.75, 3.05) is 0 Å². The molecule has 0 radical (unpaired) electrons. The van der Waals surface area contributed by atoms with Crippen LogP contribution in [0.2, 0.25) is 0 Å². The summed E-state index contributed by atoms with van der Waals surface area (Å²) in [6, 6.07) is 7.39. The number of amides is 1. The number of rotatable bonds is 4. The van der Waals surface area contributed by atoms with Crippen molar-refractivity contribution in [2.45, 2.75) is 32.9 Å². The van der Waals surface area contributed by atoms with Gasteiger partial charge in [0.1, 0.15) is 0 Å². The van der Waals surface area contributed by atoms with Gasteiger partial charge in [-0.1, -0.05) is 41.9 Å². The number of carbonyl (C=O) groups excluding carboxylic acids is 1. The number of halogens is 2. The van der Waals surface area contributed by atoms with E-state index in [1.54, 1.807) is 0 Å². The molecule has 1 aromatic rings. The molecule has 3 nitrogen and oxygen atoms in total. The first-order valence-corrected chi connectivity index (χ1v) is 6.52. The number of nitrogens with one attached hydrogen (secondary N) is 1. The van der Waals surface area contributed by atoms with Gasteiger partial charge in [0, 0.05) is 4.47 Å². The summed E-state index contributed by atoms with van der Waals surface area (Å²) >= 11 is 3.41. The predicted octanol–water partition coefficient (Wildman–Crippen LogP) is 3.03. The summed E-state index contributed by atoms with van der Waals surface area (Å²) in [5, 5.41) is 2.92. The van der Waals surface area contributed by atoms with Crippen LogP contribution in [-0.2, 0) is 4.79 Å². The summed E-state index contributed by atoms with van der Waals surface area (Å²) in [6.45, 7) is 5.83. The highest BCUT2D eigenvalue weighted by Crippen LogP contribution is 2.18. The van der Waals surface area contributed by atoms with E-state index >= 15 is 0 Å². The third-order valence-electron chi connectivity index (χ3n) is 2.73. The molecule has 3 N–H and O–H groups in total. The van der Waals surface area contributed by atoms with Crippen LogP contribution in [0.3, 0.4) is 0 Å². The summed E-state index contributed by atoms with van der Waals surface area (Å²) in [7, 11) is 0. The predicted molar refractivity (Wildman–Crippen MR) is 80.8 cm³/mol. The lowest BCUT2D eigenvalue weighted by Crippen LogP contribution is -2.44. The van der Waals surface area contributed by atoms with Crippen molar-refractivity contribution >= 4 is 34.2 Å². The molecule has 0 saturated carbocycles. The molecular formula is C13H20BrClN2O. The summed E-state index contributed by atoms with van der Waals surface area (Å²) in [6.07, 6.45) is 0. The van der Waals surface area contributed by atoms with Crippen molar-refractivity contribution in [3.05, 3.63) is 34.3 Å². The van der Waals surface area contributed by atoms with Gasteiger partial charge in [-0.25, -0.2) is 0 Å². The fourth-order valence-corrected chi connectivity index (χ4v) is 1.89. The van der Waals surface area contributed by atoms with Gasteiger partial charge in [-0.05, 0) is 30.5 Å². The van der Waals surface area contributed by atoms with Crippen LogP contribution in [-0.4, -0.2) is 11.9 Å². The Labute approximate surface area is 123 Å². The molecule has 0 heterocycles. The maximum Gasteiger partial charge on any atom is 0.237 e. The summed E-state index contributed by atoms with van der Waals surface area (Å²) in [5.74, 6) is 0.0391. The second kappa shape index (κ2) is 7.77. The maximum atomic E-state index is 11.8. The zero-order chi connectivity index (χ0) is 13.0. The highest BCUT2D eigenvalue weighted by atomic mass is 79.9. The molecule has 0 fully saturated rings. The second-order valence-corrected chi connectivity index (χ2v) is 5.47. The quantitative estimate of drug-likeness (QED) is 0.888. The summed E-state index contributed by atoms with van der Waals surface area (Å²) in [5.41, 5.74) is 6.85. The van der Waals surface area contributed by atoms with Gasteiger partial charge in [0.15, 0.2) is 0 Å². The smallest absolute Gasteiger partial charge is 0.237 e. The van der Waals surface area contributed by atoms with Crippen LogP contribution < -0.4 is 11.1 Å². The molecule has 0 spiro atoms. The van der Waals surface area contributed by atoms with Gasteiger partial charge in [-0.2, -0.15) is 0 Å². The molecule has 1 amide bonds. The first-order valence-electron chi connectivity index (χ1n) is 5.73. The van der Waals surface area contributed by atoms with Gasteiger partial charge in [0.05, 0.1) is 12.1 Å². The molecule has 1 aromatic carbocycles. The van der Waals surface area contributed by atoms with Crippen molar-refractivity contribution < 1.29 is 4.79 Å². The first kappa shape index (κ1) is 17.4. The van der Waals surface area contributed by atoms with Crippen LogP contribution in [0.1, 0.15) is 32.4 Å². The first-order chi connectivity index (χ1) is 7.91. The van der Waals surface area contributed by atoms with E-state index in [9.17, 15) is 4.79 Å². The summed E-state index contributed by atoms with van der Waals surface area (Å²) in [4.78, 5) is 11.8. The van der Waals surface area contributed by atoms with Crippen LogP contribution in [0.5, 0.6) is 0 Å². The Hall–Kier alpha value is -0.580. The van der Waals surface area contributed by atoms with Crippen molar-refractivity contribution in [1.82, 2.24) is 5.32 Å². The molecule has 2 unspecified atom stereocenters. The fourth-order valence-electron chi connectivity index (χ4n) is 1.47. The number of hydrogen-bond acceptors (Lipinski definition) is 2. The standard InChI is InChI=1S/C13H19BrN2O.ClH/c1-8(2)12(15)13(17)16-9(3)10-5-4-6-11(14)7-10;/h4-9,12H,15H2,1-3H3,(H,16,17);1H. The van der Waals surface area contributed by atoms with Gasteiger partial charge < -0.3 is 11.1 Å². The molecule has 5 heteroatoms. The molecule has 0 aliphatic rings.